The highest BCUT2D eigenvalue weighted by Gasteiger charge is 2.15. The van der Waals surface area contributed by atoms with Gasteiger partial charge in [0.25, 0.3) is 0 Å². The van der Waals surface area contributed by atoms with Gasteiger partial charge in [-0.1, -0.05) is 6.08 Å². The molecule has 0 aliphatic heterocycles. The summed E-state index contributed by atoms with van der Waals surface area (Å²) in [5.74, 6) is 0.136. The Bertz CT molecular complexity index is 473. The summed E-state index contributed by atoms with van der Waals surface area (Å²) in [6.07, 6.45) is 1.52. The molecule has 0 radical (unpaired) electrons. The Balaban J connectivity index is 2.85. The van der Waals surface area contributed by atoms with Crippen molar-refractivity contribution >= 4 is 17.4 Å². The van der Waals surface area contributed by atoms with Gasteiger partial charge in [-0.05, 0) is 12.1 Å². The molecule has 1 aromatic carbocycles. The van der Waals surface area contributed by atoms with Gasteiger partial charge >= 0.3 is 11.7 Å². The molecular formula is C11H13N3O4. The first-order valence-electron chi connectivity index (χ1n) is 5.06. The summed E-state index contributed by atoms with van der Waals surface area (Å²) in [7, 11) is 1.34. The number of anilines is 1. The quantitative estimate of drug-likeness (QED) is 0.475. The molecule has 7 nitrogen and oxygen atoms in total. The maximum Gasteiger partial charge on any atom is 0.319 e. The third-order valence-corrected chi connectivity index (χ3v) is 2.04. The van der Waals surface area contributed by atoms with E-state index in [4.69, 9.17) is 4.74 Å². The SMILES string of the molecule is C=CCNC(=O)Nc1ccc(OC)c([N+](=O)[O-])c1. The number of urea groups is 1. The summed E-state index contributed by atoms with van der Waals surface area (Å²) in [5, 5.41) is 15.7. The van der Waals surface area contributed by atoms with Gasteiger partial charge in [0.15, 0.2) is 5.75 Å². The Labute approximate surface area is 104 Å². The predicted octanol–water partition coefficient (Wildman–Crippen LogP) is 1.91. The molecule has 1 aromatic rings. The lowest BCUT2D eigenvalue weighted by Crippen LogP contribution is -2.28. The molecule has 0 aliphatic carbocycles. The van der Waals surface area contributed by atoms with Crippen LogP contribution in [-0.2, 0) is 0 Å². The van der Waals surface area contributed by atoms with Crippen molar-refractivity contribution < 1.29 is 14.5 Å². The minimum atomic E-state index is -0.578. The molecule has 1 rings (SSSR count). The van der Waals surface area contributed by atoms with Gasteiger partial charge in [0.1, 0.15) is 0 Å². The van der Waals surface area contributed by atoms with E-state index < -0.39 is 11.0 Å². The maximum absolute atomic E-state index is 11.3. The summed E-state index contributed by atoms with van der Waals surface area (Å²) in [6.45, 7) is 3.76. The molecule has 2 amide bonds. The second kappa shape index (κ2) is 6.24. The first-order chi connectivity index (χ1) is 8.58. The van der Waals surface area contributed by atoms with E-state index in [1.54, 1.807) is 0 Å². The Morgan fingerprint density at radius 3 is 2.89 bits per heavy atom. The molecule has 0 unspecified atom stereocenters. The zero-order chi connectivity index (χ0) is 13.5. The van der Waals surface area contributed by atoms with Gasteiger partial charge in [-0.2, -0.15) is 0 Å². The van der Waals surface area contributed by atoms with Crippen LogP contribution in [0.15, 0.2) is 30.9 Å². The number of nitrogens with one attached hydrogen (secondary N) is 2. The molecule has 0 aliphatic rings. The number of amides is 2. The molecule has 0 saturated carbocycles. The monoisotopic (exact) mass is 251 g/mol. The number of hydrogen-bond acceptors (Lipinski definition) is 4. The van der Waals surface area contributed by atoms with E-state index in [9.17, 15) is 14.9 Å². The van der Waals surface area contributed by atoms with Gasteiger partial charge in [0.05, 0.1) is 12.0 Å². The van der Waals surface area contributed by atoms with Crippen molar-refractivity contribution in [1.82, 2.24) is 5.32 Å². The average molecular weight is 251 g/mol. The predicted molar refractivity (Wildman–Crippen MR) is 66.9 cm³/mol. The molecular weight excluding hydrogens is 238 g/mol. The van der Waals surface area contributed by atoms with Gasteiger partial charge in [-0.15, -0.1) is 6.58 Å². The van der Waals surface area contributed by atoms with Crippen LogP contribution in [0, 0.1) is 10.1 Å². The lowest BCUT2D eigenvalue weighted by molar-refractivity contribution is -0.385. The van der Waals surface area contributed by atoms with Gasteiger partial charge in [0.2, 0.25) is 0 Å². The third-order valence-electron chi connectivity index (χ3n) is 2.04. The van der Waals surface area contributed by atoms with Crippen molar-refractivity contribution in [1.29, 1.82) is 0 Å². The molecule has 0 fully saturated rings. The first kappa shape index (κ1) is 13.5. The first-order valence-corrected chi connectivity index (χ1v) is 5.06. The lowest BCUT2D eigenvalue weighted by Gasteiger charge is -2.07. The highest BCUT2D eigenvalue weighted by molar-refractivity contribution is 5.89. The van der Waals surface area contributed by atoms with E-state index >= 15 is 0 Å². The van der Waals surface area contributed by atoms with Gasteiger partial charge in [-0.25, -0.2) is 4.79 Å². The summed E-state index contributed by atoms with van der Waals surface area (Å²) in [5.41, 5.74) is 0.100. The van der Waals surface area contributed by atoms with Crippen LogP contribution < -0.4 is 15.4 Å². The number of benzene rings is 1. The van der Waals surface area contributed by atoms with Crippen molar-refractivity contribution in [2.45, 2.75) is 0 Å². The molecule has 0 atom stereocenters. The van der Waals surface area contributed by atoms with Crippen molar-refractivity contribution in [3.05, 3.63) is 41.0 Å². The largest absolute Gasteiger partial charge is 0.490 e. The number of methoxy groups -OCH3 is 1. The average Bonchev–Trinajstić information content (AvgIpc) is 2.36. The van der Waals surface area contributed by atoms with Crippen LogP contribution in [0.5, 0.6) is 5.75 Å². The summed E-state index contributed by atoms with van der Waals surface area (Å²) < 4.78 is 4.85. The molecule has 18 heavy (non-hydrogen) atoms. The minimum Gasteiger partial charge on any atom is -0.490 e. The fourth-order valence-corrected chi connectivity index (χ4v) is 1.25. The fourth-order valence-electron chi connectivity index (χ4n) is 1.25. The molecule has 0 bridgehead atoms. The number of nitro groups is 1. The number of carbonyl (C=O) groups excluding carboxylic acids is 1. The molecule has 2 N–H and O–H groups in total. The van der Waals surface area contributed by atoms with Crippen LogP contribution in [0.2, 0.25) is 0 Å². The number of carbonyl (C=O) groups is 1. The van der Waals surface area contributed by atoms with E-state index in [2.05, 4.69) is 17.2 Å². The van der Waals surface area contributed by atoms with Gasteiger partial charge < -0.3 is 15.4 Å². The maximum atomic E-state index is 11.3. The molecule has 0 saturated heterocycles. The zero-order valence-electron chi connectivity index (χ0n) is 9.80. The third kappa shape index (κ3) is 3.48. The number of rotatable bonds is 5. The van der Waals surface area contributed by atoms with E-state index in [0.29, 0.717) is 12.2 Å². The van der Waals surface area contributed by atoms with E-state index in [1.165, 1.54) is 31.4 Å². The normalized spacial score (nSPS) is 9.39. The van der Waals surface area contributed by atoms with Crippen molar-refractivity contribution in [2.24, 2.45) is 0 Å². The van der Waals surface area contributed by atoms with Crippen LogP contribution in [0.1, 0.15) is 0 Å². The van der Waals surface area contributed by atoms with Crippen LogP contribution in [-0.4, -0.2) is 24.6 Å². The van der Waals surface area contributed by atoms with E-state index in [1.807, 2.05) is 0 Å². The number of ether oxygens (including phenoxy) is 1. The van der Waals surface area contributed by atoms with E-state index in [0.717, 1.165) is 0 Å². The summed E-state index contributed by atoms with van der Waals surface area (Å²) in [4.78, 5) is 21.5. The second-order valence-electron chi connectivity index (χ2n) is 3.27. The molecule has 0 heterocycles. The molecule has 96 valence electrons. The Hall–Kier alpha value is -2.57. The Morgan fingerprint density at radius 1 is 1.61 bits per heavy atom. The second-order valence-corrected chi connectivity index (χ2v) is 3.27. The smallest absolute Gasteiger partial charge is 0.319 e. The van der Waals surface area contributed by atoms with Gasteiger partial charge in [0, 0.05) is 18.3 Å². The number of hydrogen-bond donors (Lipinski definition) is 2. The summed E-state index contributed by atoms with van der Waals surface area (Å²) in [6, 6.07) is 3.70. The van der Waals surface area contributed by atoms with Crippen LogP contribution in [0.4, 0.5) is 16.2 Å². The highest BCUT2D eigenvalue weighted by Crippen LogP contribution is 2.29. The van der Waals surface area contributed by atoms with Crippen LogP contribution in [0.25, 0.3) is 0 Å². The Morgan fingerprint density at radius 2 is 2.33 bits per heavy atom. The van der Waals surface area contributed by atoms with Crippen LogP contribution in [0.3, 0.4) is 0 Å². The fraction of sp³-hybridized carbons (Fsp3) is 0.182. The Kier molecular flexibility index (Phi) is 4.67. The molecule has 0 spiro atoms. The van der Waals surface area contributed by atoms with Crippen molar-refractivity contribution in [3.63, 3.8) is 0 Å². The number of nitro benzene ring substituents is 1. The summed E-state index contributed by atoms with van der Waals surface area (Å²) >= 11 is 0. The van der Waals surface area contributed by atoms with Crippen molar-refractivity contribution in [2.75, 3.05) is 19.0 Å². The molecule has 7 heteroatoms. The standard InChI is InChI=1S/C11H13N3O4/c1-3-6-12-11(15)13-8-4-5-10(18-2)9(7-8)14(16)17/h3-5,7H,1,6H2,2H3,(H2,12,13,15). The molecule has 0 aromatic heterocycles. The zero-order valence-corrected chi connectivity index (χ0v) is 9.80. The van der Waals surface area contributed by atoms with E-state index in [-0.39, 0.29) is 11.4 Å². The lowest BCUT2D eigenvalue weighted by atomic mass is 10.2. The minimum absolute atomic E-state index is 0.136. The van der Waals surface area contributed by atoms with Gasteiger partial charge in [-0.3, -0.25) is 10.1 Å². The topological polar surface area (TPSA) is 93.5 Å². The van der Waals surface area contributed by atoms with Crippen molar-refractivity contribution in [3.8, 4) is 5.75 Å². The highest BCUT2D eigenvalue weighted by atomic mass is 16.6. The number of nitrogens with zero attached hydrogens (tertiary/aromatic N) is 1. The van der Waals surface area contributed by atoms with Crippen LogP contribution >= 0.6 is 0 Å².